The highest BCUT2D eigenvalue weighted by Gasteiger charge is 2.35. The molecule has 48 heavy (non-hydrogen) atoms. The summed E-state index contributed by atoms with van der Waals surface area (Å²) in [5.74, 6) is 0.683. The Morgan fingerprint density at radius 3 is 2.48 bits per heavy atom. The van der Waals surface area contributed by atoms with Crippen molar-refractivity contribution in [3.8, 4) is 11.5 Å². The minimum Gasteiger partial charge on any atom is -0.497 e. The molecular weight excluding hydrogens is 671 g/mol. The quantitative estimate of drug-likeness (QED) is 0.166. The number of benzene rings is 2. The van der Waals surface area contributed by atoms with Gasteiger partial charge in [0.15, 0.2) is 14.9 Å². The van der Waals surface area contributed by atoms with Crippen LogP contribution in [-0.2, 0) is 29.1 Å². The molecule has 1 N–H and O–H groups in total. The van der Waals surface area contributed by atoms with Gasteiger partial charge in [0.1, 0.15) is 17.3 Å². The van der Waals surface area contributed by atoms with Crippen LogP contribution in [0, 0.1) is 6.92 Å². The number of nitrogens with zero attached hydrogens (tertiary/aromatic N) is 4. The number of hydrogen-bond acceptors (Lipinski definition) is 9. The smallest absolute Gasteiger partial charge is 0.418 e. The van der Waals surface area contributed by atoms with Crippen LogP contribution in [0.25, 0.3) is 10.9 Å². The fourth-order valence-electron chi connectivity index (χ4n) is 5.00. The maximum Gasteiger partial charge on any atom is 0.418 e. The van der Waals surface area contributed by atoms with Crippen LogP contribution in [0.1, 0.15) is 32.7 Å². The number of rotatable bonds is 10. The first kappa shape index (κ1) is 34.4. The van der Waals surface area contributed by atoms with Gasteiger partial charge in [-0.2, -0.15) is 13.2 Å². The lowest BCUT2D eigenvalue weighted by molar-refractivity contribution is -0.138. The van der Waals surface area contributed by atoms with Crippen LogP contribution >= 0.6 is 11.6 Å². The Kier molecular flexibility index (Phi) is 9.78. The van der Waals surface area contributed by atoms with Gasteiger partial charge in [0.05, 0.1) is 48.1 Å². The lowest BCUT2D eigenvalue weighted by Crippen LogP contribution is -2.32. The first-order valence-electron chi connectivity index (χ1n) is 14.2. The van der Waals surface area contributed by atoms with Gasteiger partial charge < -0.3 is 19.7 Å². The molecule has 0 bridgehead atoms. The zero-order valence-electron chi connectivity index (χ0n) is 26.1. The molecule has 0 spiro atoms. The van der Waals surface area contributed by atoms with Crippen molar-refractivity contribution >= 4 is 49.8 Å². The number of amides is 1. The lowest BCUT2D eigenvalue weighted by Gasteiger charge is -2.25. The van der Waals surface area contributed by atoms with Gasteiger partial charge in [-0.3, -0.25) is 9.78 Å². The number of pyridine rings is 3. The van der Waals surface area contributed by atoms with E-state index >= 15 is 0 Å². The number of halogens is 4. The molecule has 10 nitrogen and oxygen atoms in total. The fourth-order valence-corrected chi connectivity index (χ4v) is 6.04. The van der Waals surface area contributed by atoms with Crippen LogP contribution in [0.15, 0.2) is 78.1 Å². The van der Waals surface area contributed by atoms with E-state index in [1.165, 1.54) is 25.3 Å². The third-order valence-corrected chi connectivity index (χ3v) is 8.70. The van der Waals surface area contributed by atoms with Crippen LogP contribution in [0.2, 0.25) is 5.02 Å². The van der Waals surface area contributed by atoms with E-state index in [-0.39, 0.29) is 23.5 Å². The molecule has 3 aromatic heterocycles. The molecule has 0 saturated heterocycles. The zero-order valence-corrected chi connectivity index (χ0v) is 27.7. The van der Waals surface area contributed by atoms with Gasteiger partial charge >= 0.3 is 6.18 Å². The molecule has 0 unspecified atom stereocenters. The highest BCUT2D eigenvalue weighted by Crippen LogP contribution is 2.34. The molecule has 2 aromatic carbocycles. The van der Waals surface area contributed by atoms with E-state index in [2.05, 4.69) is 20.3 Å². The molecule has 0 aliphatic carbocycles. The first-order chi connectivity index (χ1) is 22.7. The molecule has 0 aliphatic heterocycles. The van der Waals surface area contributed by atoms with Gasteiger partial charge in [-0.05, 0) is 55.0 Å². The highest BCUT2D eigenvalue weighted by molar-refractivity contribution is 7.90. The van der Waals surface area contributed by atoms with E-state index in [0.29, 0.717) is 51.4 Å². The minimum atomic E-state index is -4.76. The second-order valence-corrected chi connectivity index (χ2v) is 13.1. The van der Waals surface area contributed by atoms with Crippen molar-refractivity contribution in [1.29, 1.82) is 0 Å². The monoisotopic (exact) mass is 699 g/mol. The maximum absolute atomic E-state index is 13.9. The topological polar surface area (TPSA) is 124 Å². The highest BCUT2D eigenvalue weighted by atomic mass is 35.5. The average molecular weight is 700 g/mol. The van der Waals surface area contributed by atoms with Gasteiger partial charge in [0.25, 0.3) is 5.91 Å². The summed E-state index contributed by atoms with van der Waals surface area (Å²) in [6, 6.07) is 15.7. The van der Waals surface area contributed by atoms with Crippen LogP contribution in [0.3, 0.4) is 0 Å². The van der Waals surface area contributed by atoms with Crippen molar-refractivity contribution in [2.75, 3.05) is 30.7 Å². The number of nitrogens with one attached hydrogen (secondary N) is 1. The Hall–Kier alpha value is -4.95. The standard InChI is InChI=1S/C33H29ClF3N5O5S/c1-19-25(33(35,36)37)13-23(17-39-19)32(43)42(28-6-5-11-38-31(28)48(4,44)45)18-20-7-8-21-14-26(34)30(41-27(21)12-20)40-16-22-9-10-24(46-2)15-29(22)47-3/h5-15,17H,16,18H2,1-4H3,(H,40,41). The SMILES string of the molecule is COc1ccc(CNc2nc3cc(CN(C(=O)c4cnc(C)c(C(F)(F)F)c4)c4cccnc4S(C)(=O)=O)ccc3cc2Cl)c(OC)c1. The zero-order chi connectivity index (χ0) is 34.8. The number of alkyl halides is 3. The molecular formula is C33H29ClF3N5O5S. The second kappa shape index (κ2) is 13.6. The van der Waals surface area contributed by atoms with Gasteiger partial charge in [-0.25, -0.2) is 18.4 Å². The predicted molar refractivity (Wildman–Crippen MR) is 175 cm³/mol. The number of methoxy groups -OCH3 is 2. The summed E-state index contributed by atoms with van der Waals surface area (Å²) in [7, 11) is -0.859. The summed E-state index contributed by atoms with van der Waals surface area (Å²) in [4.78, 5) is 27.4. The van der Waals surface area contributed by atoms with E-state index in [1.54, 1.807) is 50.6 Å². The molecule has 0 radical (unpaired) electrons. The van der Waals surface area contributed by atoms with Crippen molar-refractivity contribution in [2.45, 2.75) is 31.2 Å². The number of ether oxygens (including phenoxy) is 2. The molecule has 0 atom stereocenters. The largest absolute Gasteiger partial charge is 0.497 e. The van der Waals surface area contributed by atoms with Crippen molar-refractivity contribution < 1.29 is 35.9 Å². The van der Waals surface area contributed by atoms with Crippen LogP contribution in [0.5, 0.6) is 11.5 Å². The molecule has 5 rings (SSSR count). The third-order valence-electron chi connectivity index (χ3n) is 7.39. The molecule has 5 aromatic rings. The summed E-state index contributed by atoms with van der Waals surface area (Å²) < 4.78 is 77.3. The number of carbonyl (C=O) groups excluding carboxylic acids is 1. The molecule has 0 aliphatic rings. The Morgan fingerprint density at radius 1 is 1.02 bits per heavy atom. The number of aryl methyl sites for hydroxylation is 1. The summed E-state index contributed by atoms with van der Waals surface area (Å²) >= 11 is 6.54. The first-order valence-corrected chi connectivity index (χ1v) is 16.5. The molecule has 0 fully saturated rings. The number of hydrogen-bond donors (Lipinski definition) is 1. The second-order valence-electron chi connectivity index (χ2n) is 10.7. The number of aromatic nitrogens is 3. The van der Waals surface area contributed by atoms with E-state index in [0.717, 1.165) is 22.9 Å². The molecule has 0 saturated carbocycles. The van der Waals surface area contributed by atoms with Crippen LogP contribution < -0.4 is 19.7 Å². The summed E-state index contributed by atoms with van der Waals surface area (Å²) in [6.07, 6.45) is -1.57. The normalized spacial score (nSPS) is 11.8. The molecule has 250 valence electrons. The Morgan fingerprint density at radius 2 is 1.79 bits per heavy atom. The Labute approximate surface area is 279 Å². The number of fused-ring (bicyclic) bond motifs is 1. The molecule has 3 heterocycles. The minimum absolute atomic E-state index is 0.112. The Balaban J connectivity index is 1.53. The molecule has 1 amide bonds. The Bertz CT molecular complexity index is 2130. The van der Waals surface area contributed by atoms with E-state index in [4.69, 9.17) is 21.1 Å². The average Bonchev–Trinajstić information content (AvgIpc) is 3.05. The predicted octanol–water partition coefficient (Wildman–Crippen LogP) is 6.89. The third kappa shape index (κ3) is 7.44. The summed E-state index contributed by atoms with van der Waals surface area (Å²) in [6.45, 7) is 1.25. The van der Waals surface area contributed by atoms with Gasteiger partial charge in [0.2, 0.25) is 0 Å². The van der Waals surface area contributed by atoms with Crippen LogP contribution in [0.4, 0.5) is 24.7 Å². The van der Waals surface area contributed by atoms with E-state index < -0.39 is 32.5 Å². The summed E-state index contributed by atoms with van der Waals surface area (Å²) in [5, 5.41) is 3.81. The van der Waals surface area contributed by atoms with E-state index in [1.807, 2.05) is 6.07 Å². The van der Waals surface area contributed by atoms with Crippen LogP contribution in [-0.4, -0.2) is 49.8 Å². The number of anilines is 2. The van der Waals surface area contributed by atoms with Crippen molar-refractivity contribution in [3.05, 3.63) is 106 Å². The van der Waals surface area contributed by atoms with Gasteiger partial charge in [-0.15, -0.1) is 0 Å². The van der Waals surface area contributed by atoms with Crippen molar-refractivity contribution in [1.82, 2.24) is 15.0 Å². The maximum atomic E-state index is 13.9. The van der Waals surface area contributed by atoms with Gasteiger partial charge in [-0.1, -0.05) is 23.7 Å². The molecule has 15 heteroatoms. The fraction of sp³-hybridized carbons (Fsp3) is 0.212. The van der Waals surface area contributed by atoms with Crippen molar-refractivity contribution in [2.24, 2.45) is 0 Å². The number of sulfone groups is 1. The van der Waals surface area contributed by atoms with E-state index in [9.17, 15) is 26.4 Å². The lowest BCUT2D eigenvalue weighted by atomic mass is 10.1. The van der Waals surface area contributed by atoms with Crippen molar-refractivity contribution in [3.63, 3.8) is 0 Å². The summed E-state index contributed by atoms with van der Waals surface area (Å²) in [5.41, 5.74) is -0.0925. The number of carbonyl (C=O) groups is 1. The van der Waals surface area contributed by atoms with Gasteiger partial charge in [0, 0.05) is 47.9 Å².